The third-order valence-electron chi connectivity index (χ3n) is 4.95. The number of hydrogen-bond donors (Lipinski definition) is 1. The lowest BCUT2D eigenvalue weighted by atomic mass is 9.85. The number of nitrogens with zero attached hydrogens (tertiary/aromatic N) is 2. The van der Waals surface area contributed by atoms with Gasteiger partial charge in [-0.1, -0.05) is 6.92 Å². The maximum absolute atomic E-state index is 5.66. The molecule has 0 aliphatic carbocycles. The summed E-state index contributed by atoms with van der Waals surface area (Å²) in [5.41, 5.74) is 0.339. The number of likely N-dealkylation sites (tertiary alicyclic amines) is 1. The van der Waals surface area contributed by atoms with Gasteiger partial charge in [0, 0.05) is 31.2 Å². The average molecular weight is 269 g/mol. The molecule has 2 saturated heterocycles. The Morgan fingerprint density at radius 1 is 1.37 bits per heavy atom. The van der Waals surface area contributed by atoms with E-state index in [0.29, 0.717) is 5.41 Å². The van der Waals surface area contributed by atoms with Crippen molar-refractivity contribution in [1.82, 2.24) is 15.1 Å². The molecule has 2 rings (SSSR count). The van der Waals surface area contributed by atoms with Crippen LogP contribution in [0, 0.1) is 5.41 Å². The fraction of sp³-hybridized carbons (Fsp3) is 1.00. The Bertz CT molecular complexity index is 258. The first-order chi connectivity index (χ1) is 9.19. The predicted octanol–water partition coefficient (Wildman–Crippen LogP) is 1.03. The largest absolute Gasteiger partial charge is 0.381 e. The van der Waals surface area contributed by atoms with Crippen LogP contribution in [0.5, 0.6) is 0 Å². The fourth-order valence-corrected chi connectivity index (χ4v) is 3.68. The molecule has 19 heavy (non-hydrogen) atoms. The van der Waals surface area contributed by atoms with E-state index in [4.69, 9.17) is 4.74 Å². The zero-order chi connectivity index (χ0) is 13.7. The molecule has 0 radical (unpaired) electrons. The van der Waals surface area contributed by atoms with Crippen LogP contribution in [0.15, 0.2) is 0 Å². The first-order valence-corrected chi connectivity index (χ1v) is 7.84. The first kappa shape index (κ1) is 15.2. The van der Waals surface area contributed by atoms with Gasteiger partial charge in [-0.15, -0.1) is 0 Å². The normalized spacial score (nSPS) is 30.3. The molecular formula is C15H31N3O. The summed E-state index contributed by atoms with van der Waals surface area (Å²) in [5.74, 6) is 0. The summed E-state index contributed by atoms with van der Waals surface area (Å²) in [4.78, 5) is 5.16. The molecule has 0 aromatic carbocycles. The second-order valence-electron chi connectivity index (χ2n) is 6.41. The van der Waals surface area contributed by atoms with Crippen molar-refractivity contribution in [2.24, 2.45) is 5.41 Å². The van der Waals surface area contributed by atoms with Crippen LogP contribution < -0.4 is 5.32 Å². The zero-order valence-electron chi connectivity index (χ0n) is 13.0. The monoisotopic (exact) mass is 269 g/mol. The predicted molar refractivity (Wildman–Crippen MR) is 79.6 cm³/mol. The van der Waals surface area contributed by atoms with Crippen LogP contribution in [0.1, 0.15) is 26.2 Å². The van der Waals surface area contributed by atoms with Gasteiger partial charge in [0.25, 0.3) is 0 Å². The van der Waals surface area contributed by atoms with Crippen molar-refractivity contribution in [3.63, 3.8) is 0 Å². The highest BCUT2D eigenvalue weighted by Crippen LogP contribution is 2.30. The molecule has 0 aromatic heterocycles. The van der Waals surface area contributed by atoms with Crippen molar-refractivity contribution in [2.75, 3.05) is 60.0 Å². The van der Waals surface area contributed by atoms with Gasteiger partial charge in [-0.2, -0.15) is 0 Å². The average Bonchev–Trinajstić information content (AvgIpc) is 2.87. The van der Waals surface area contributed by atoms with E-state index in [1.165, 1.54) is 45.4 Å². The van der Waals surface area contributed by atoms with E-state index in [1.54, 1.807) is 0 Å². The molecule has 0 saturated carbocycles. The van der Waals surface area contributed by atoms with E-state index in [9.17, 15) is 0 Å². The highest BCUT2D eigenvalue weighted by Gasteiger charge is 2.37. The van der Waals surface area contributed by atoms with Gasteiger partial charge in [-0.3, -0.25) is 0 Å². The Morgan fingerprint density at radius 3 is 2.63 bits per heavy atom. The minimum Gasteiger partial charge on any atom is -0.381 e. The molecule has 0 aromatic rings. The summed E-state index contributed by atoms with van der Waals surface area (Å²) in [5, 5.41) is 3.36. The molecular weight excluding hydrogens is 238 g/mol. The highest BCUT2D eigenvalue weighted by atomic mass is 16.5. The first-order valence-electron chi connectivity index (χ1n) is 7.84. The second-order valence-corrected chi connectivity index (χ2v) is 6.41. The standard InChI is InChI=1S/C15H31N3O/c1-4-18-8-5-14(6-9-18)17(3)12-15(11-16-2)7-10-19-13-15/h14,16H,4-13H2,1-3H3. The van der Waals surface area contributed by atoms with Gasteiger partial charge < -0.3 is 19.9 Å². The summed E-state index contributed by atoms with van der Waals surface area (Å²) < 4.78 is 5.66. The van der Waals surface area contributed by atoms with Gasteiger partial charge in [0.15, 0.2) is 0 Å². The van der Waals surface area contributed by atoms with Crippen molar-refractivity contribution >= 4 is 0 Å². The van der Waals surface area contributed by atoms with Gasteiger partial charge in [0.05, 0.1) is 6.61 Å². The topological polar surface area (TPSA) is 27.7 Å². The summed E-state index contributed by atoms with van der Waals surface area (Å²) in [6, 6.07) is 0.761. The molecule has 4 nitrogen and oxygen atoms in total. The zero-order valence-corrected chi connectivity index (χ0v) is 13.0. The van der Waals surface area contributed by atoms with Gasteiger partial charge >= 0.3 is 0 Å². The van der Waals surface area contributed by atoms with Crippen LogP contribution in [0.25, 0.3) is 0 Å². The van der Waals surface area contributed by atoms with Crippen LogP contribution in [-0.2, 0) is 4.74 Å². The summed E-state index contributed by atoms with van der Waals surface area (Å²) in [6.07, 6.45) is 3.84. The Hall–Kier alpha value is -0.160. The van der Waals surface area contributed by atoms with E-state index in [1.807, 2.05) is 0 Å². The second kappa shape index (κ2) is 7.02. The van der Waals surface area contributed by atoms with E-state index in [-0.39, 0.29) is 0 Å². The Kier molecular flexibility index (Phi) is 5.63. The number of nitrogens with one attached hydrogen (secondary N) is 1. The van der Waals surface area contributed by atoms with Crippen LogP contribution in [0.4, 0.5) is 0 Å². The van der Waals surface area contributed by atoms with Crippen LogP contribution in [-0.4, -0.2) is 75.9 Å². The quantitative estimate of drug-likeness (QED) is 0.779. The molecule has 2 aliphatic rings. The molecule has 1 N–H and O–H groups in total. The SMILES string of the molecule is CCN1CCC(N(C)CC2(CNC)CCOC2)CC1. The van der Waals surface area contributed by atoms with Crippen LogP contribution >= 0.6 is 0 Å². The van der Waals surface area contributed by atoms with Gasteiger partial charge in [-0.05, 0) is 53.0 Å². The third kappa shape index (κ3) is 3.91. The van der Waals surface area contributed by atoms with E-state index < -0.39 is 0 Å². The van der Waals surface area contributed by atoms with Crippen molar-refractivity contribution < 1.29 is 4.74 Å². The summed E-state index contributed by atoms with van der Waals surface area (Å²) in [6.45, 7) is 10.1. The molecule has 1 atom stereocenters. The summed E-state index contributed by atoms with van der Waals surface area (Å²) >= 11 is 0. The fourth-order valence-electron chi connectivity index (χ4n) is 3.68. The lowest BCUT2D eigenvalue weighted by molar-refractivity contribution is 0.0744. The van der Waals surface area contributed by atoms with Gasteiger partial charge in [0.2, 0.25) is 0 Å². The number of hydrogen-bond acceptors (Lipinski definition) is 4. The van der Waals surface area contributed by atoms with E-state index >= 15 is 0 Å². The van der Waals surface area contributed by atoms with Crippen molar-refractivity contribution in [3.8, 4) is 0 Å². The van der Waals surface area contributed by atoms with Crippen LogP contribution in [0.2, 0.25) is 0 Å². The lowest BCUT2D eigenvalue weighted by Gasteiger charge is -2.40. The van der Waals surface area contributed by atoms with E-state index in [0.717, 1.165) is 25.8 Å². The Balaban J connectivity index is 1.84. The summed E-state index contributed by atoms with van der Waals surface area (Å²) in [7, 11) is 4.36. The molecule has 0 bridgehead atoms. The molecule has 2 fully saturated rings. The Labute approximate surface area is 118 Å². The Morgan fingerprint density at radius 2 is 2.11 bits per heavy atom. The smallest absolute Gasteiger partial charge is 0.0547 e. The number of rotatable bonds is 6. The molecule has 2 heterocycles. The van der Waals surface area contributed by atoms with Gasteiger partial charge in [0.1, 0.15) is 0 Å². The van der Waals surface area contributed by atoms with Crippen LogP contribution in [0.3, 0.4) is 0 Å². The highest BCUT2D eigenvalue weighted by molar-refractivity contribution is 4.90. The van der Waals surface area contributed by atoms with Crippen molar-refractivity contribution in [2.45, 2.75) is 32.2 Å². The molecule has 112 valence electrons. The molecule has 0 amide bonds. The number of ether oxygens (including phenoxy) is 1. The van der Waals surface area contributed by atoms with E-state index in [2.05, 4.69) is 36.1 Å². The van der Waals surface area contributed by atoms with Gasteiger partial charge in [-0.25, -0.2) is 0 Å². The molecule has 2 aliphatic heterocycles. The molecule has 0 spiro atoms. The maximum atomic E-state index is 5.66. The van der Waals surface area contributed by atoms with Crippen molar-refractivity contribution in [1.29, 1.82) is 0 Å². The minimum absolute atomic E-state index is 0.339. The third-order valence-corrected chi connectivity index (χ3v) is 4.95. The minimum atomic E-state index is 0.339. The molecule has 1 unspecified atom stereocenters. The molecule has 4 heteroatoms. The van der Waals surface area contributed by atoms with Crippen molar-refractivity contribution in [3.05, 3.63) is 0 Å². The maximum Gasteiger partial charge on any atom is 0.0547 e. The lowest BCUT2D eigenvalue weighted by Crippen LogP contribution is -2.49. The number of piperidine rings is 1.